The average molecular weight is 410 g/mol. The molecule has 0 aromatic heterocycles. The second-order valence-electron chi connectivity index (χ2n) is 7.02. The van der Waals surface area contributed by atoms with E-state index in [1.54, 1.807) is 30.0 Å². The van der Waals surface area contributed by atoms with Crippen molar-refractivity contribution in [3.63, 3.8) is 0 Å². The number of nitriles is 1. The number of benzene rings is 2. The minimum atomic E-state index is -0.873. The smallest absolute Gasteiger partial charge is 0.251 e. The van der Waals surface area contributed by atoms with Crippen LogP contribution in [0.15, 0.2) is 36.4 Å². The van der Waals surface area contributed by atoms with Crippen LogP contribution >= 0.6 is 12.2 Å². The molecule has 1 aliphatic rings. The van der Waals surface area contributed by atoms with Crippen LogP contribution in [0.5, 0.6) is 0 Å². The monoisotopic (exact) mass is 410 g/mol. The third-order valence-electron chi connectivity index (χ3n) is 5.08. The number of carbonyl (C=O) groups is 2. The zero-order chi connectivity index (χ0) is 21.3. The van der Waals surface area contributed by atoms with Crippen molar-refractivity contribution < 1.29 is 14.0 Å². The molecule has 0 bridgehead atoms. The zero-order valence-corrected chi connectivity index (χ0v) is 16.8. The molecular weight excluding hydrogens is 391 g/mol. The van der Waals surface area contributed by atoms with Crippen molar-refractivity contribution >= 4 is 40.4 Å². The fourth-order valence-corrected chi connectivity index (χ4v) is 3.70. The Bertz CT molecular complexity index is 1070. The second kappa shape index (κ2) is 7.60. The van der Waals surface area contributed by atoms with Crippen molar-refractivity contribution in [1.29, 1.82) is 5.26 Å². The average Bonchev–Trinajstić information content (AvgIpc) is 3.43. The van der Waals surface area contributed by atoms with E-state index in [0.717, 1.165) is 11.6 Å². The van der Waals surface area contributed by atoms with Crippen LogP contribution in [-0.4, -0.2) is 22.3 Å². The number of primary amides is 1. The van der Waals surface area contributed by atoms with Crippen LogP contribution < -0.4 is 16.0 Å². The largest absolute Gasteiger partial charge is 0.366 e. The lowest BCUT2D eigenvalue weighted by molar-refractivity contribution is -0.118. The molecule has 0 spiro atoms. The highest BCUT2D eigenvalue weighted by molar-refractivity contribution is 7.80. The molecule has 1 aliphatic carbocycles. The van der Waals surface area contributed by atoms with E-state index in [0.29, 0.717) is 29.8 Å². The van der Waals surface area contributed by atoms with Crippen LogP contribution in [0.2, 0.25) is 0 Å². The molecule has 8 heteroatoms. The first-order chi connectivity index (χ1) is 13.7. The van der Waals surface area contributed by atoms with Crippen molar-refractivity contribution in [2.45, 2.75) is 32.2 Å². The lowest BCUT2D eigenvalue weighted by atomic mass is 10.1. The Hall–Kier alpha value is -3.31. The number of Topliss-reactive ketones (excluding diaryl/α,β-unsaturated/α-hetero) is 1. The Labute approximate surface area is 173 Å². The molecule has 29 heavy (non-hydrogen) atoms. The summed E-state index contributed by atoms with van der Waals surface area (Å²) in [7, 11) is 0. The highest BCUT2D eigenvalue weighted by atomic mass is 32.1. The number of hydrogen-bond acceptors (Lipinski definition) is 4. The van der Waals surface area contributed by atoms with Crippen LogP contribution in [0.1, 0.15) is 41.3 Å². The predicted molar refractivity (Wildman–Crippen MR) is 112 cm³/mol. The number of halogens is 1. The Morgan fingerprint density at radius 3 is 2.45 bits per heavy atom. The molecule has 1 fully saturated rings. The molecule has 0 atom stereocenters. The van der Waals surface area contributed by atoms with Crippen molar-refractivity contribution in [2.75, 3.05) is 10.2 Å². The highest BCUT2D eigenvalue weighted by Crippen LogP contribution is 2.45. The molecule has 0 radical (unpaired) electrons. The van der Waals surface area contributed by atoms with Crippen LogP contribution in [0.4, 0.5) is 15.8 Å². The molecule has 1 amide bonds. The molecule has 6 nitrogen and oxygen atoms in total. The third kappa shape index (κ3) is 3.82. The summed E-state index contributed by atoms with van der Waals surface area (Å²) in [5, 5.41) is 12.4. The Balaban J connectivity index is 1.99. The zero-order valence-electron chi connectivity index (χ0n) is 16.0. The van der Waals surface area contributed by atoms with Gasteiger partial charge in [-0.15, -0.1) is 0 Å². The van der Waals surface area contributed by atoms with Gasteiger partial charge in [0.15, 0.2) is 10.9 Å². The van der Waals surface area contributed by atoms with E-state index >= 15 is 0 Å². The van der Waals surface area contributed by atoms with Gasteiger partial charge >= 0.3 is 0 Å². The quantitative estimate of drug-likeness (QED) is 0.733. The van der Waals surface area contributed by atoms with E-state index in [1.807, 2.05) is 0 Å². The fraction of sp³-hybridized carbons (Fsp3) is 0.238. The lowest BCUT2D eigenvalue weighted by Gasteiger charge is -2.33. The van der Waals surface area contributed by atoms with Gasteiger partial charge in [0.1, 0.15) is 11.4 Å². The summed E-state index contributed by atoms with van der Waals surface area (Å²) in [5.41, 5.74) is 6.41. The number of hydrogen-bond donors (Lipinski definition) is 2. The Kier molecular flexibility index (Phi) is 5.36. The van der Waals surface area contributed by atoms with Gasteiger partial charge in [-0.1, -0.05) is 0 Å². The van der Waals surface area contributed by atoms with Gasteiger partial charge in [-0.2, -0.15) is 5.26 Å². The number of nitrogens with zero attached hydrogens (tertiary/aromatic N) is 2. The maximum absolute atomic E-state index is 14.4. The molecule has 0 heterocycles. The van der Waals surface area contributed by atoms with Gasteiger partial charge < -0.3 is 16.0 Å². The molecule has 1 saturated carbocycles. The first-order valence-corrected chi connectivity index (χ1v) is 9.33. The summed E-state index contributed by atoms with van der Waals surface area (Å²) in [4.78, 5) is 25.3. The van der Waals surface area contributed by atoms with E-state index in [-0.39, 0.29) is 16.5 Å². The molecule has 3 N–H and O–H groups in total. The third-order valence-corrected chi connectivity index (χ3v) is 5.37. The number of thiocarbonyl (C=S) groups is 1. The van der Waals surface area contributed by atoms with Crippen molar-refractivity contribution in [3.8, 4) is 6.07 Å². The lowest BCUT2D eigenvalue weighted by Crippen LogP contribution is -2.48. The van der Waals surface area contributed by atoms with Gasteiger partial charge in [0.05, 0.1) is 17.2 Å². The van der Waals surface area contributed by atoms with E-state index in [2.05, 4.69) is 11.4 Å². The van der Waals surface area contributed by atoms with E-state index in [1.165, 1.54) is 19.1 Å². The summed E-state index contributed by atoms with van der Waals surface area (Å²) in [6.07, 6.45) is 1.16. The number of nitrogens with one attached hydrogen (secondary N) is 1. The van der Waals surface area contributed by atoms with Crippen molar-refractivity contribution in [1.82, 2.24) is 0 Å². The van der Waals surface area contributed by atoms with Crippen LogP contribution in [0.25, 0.3) is 0 Å². The number of rotatable bonds is 5. The molecule has 3 rings (SSSR count). The van der Waals surface area contributed by atoms with Crippen LogP contribution in [0, 0.1) is 24.1 Å². The predicted octanol–water partition coefficient (Wildman–Crippen LogP) is 3.43. The van der Waals surface area contributed by atoms with Gasteiger partial charge in [-0.3, -0.25) is 9.59 Å². The van der Waals surface area contributed by atoms with Crippen LogP contribution in [-0.2, 0) is 4.79 Å². The summed E-state index contributed by atoms with van der Waals surface area (Å²) in [6.45, 7) is 3.28. The normalized spacial score (nSPS) is 13.9. The van der Waals surface area contributed by atoms with E-state index in [4.69, 9.17) is 23.2 Å². The summed E-state index contributed by atoms with van der Waals surface area (Å²) in [5.74, 6) is -1.74. The van der Waals surface area contributed by atoms with Gasteiger partial charge in [0.25, 0.3) is 5.91 Å². The Morgan fingerprint density at radius 1 is 1.28 bits per heavy atom. The maximum atomic E-state index is 14.4. The number of carbonyl (C=O) groups excluding carboxylic acids is 2. The number of ketones is 1. The molecule has 0 aliphatic heterocycles. The van der Waals surface area contributed by atoms with Gasteiger partial charge in [0.2, 0.25) is 0 Å². The summed E-state index contributed by atoms with van der Waals surface area (Å²) < 4.78 is 14.4. The molecule has 148 valence electrons. The molecule has 2 aromatic carbocycles. The number of amides is 1. The minimum Gasteiger partial charge on any atom is -0.366 e. The maximum Gasteiger partial charge on any atom is 0.251 e. The second-order valence-corrected chi connectivity index (χ2v) is 7.41. The fourth-order valence-electron chi connectivity index (χ4n) is 3.30. The SMILES string of the molecule is CC(=O)C1(N(C(=S)Nc2ccc(C#N)c(C)c2)c2ccc(C(N)=O)c(F)c2)CC1. The first kappa shape index (κ1) is 20.4. The van der Waals surface area contributed by atoms with Crippen molar-refractivity contribution in [3.05, 3.63) is 58.9 Å². The number of anilines is 2. The number of nitrogens with two attached hydrogens (primary N) is 1. The molecule has 0 saturated heterocycles. The van der Waals surface area contributed by atoms with Gasteiger partial charge in [-0.25, -0.2) is 4.39 Å². The molecule has 0 unspecified atom stereocenters. The van der Waals surface area contributed by atoms with Gasteiger partial charge in [-0.05, 0) is 80.9 Å². The number of aryl methyl sites for hydroxylation is 1. The van der Waals surface area contributed by atoms with Gasteiger partial charge in [0, 0.05) is 11.4 Å². The Morgan fingerprint density at radius 2 is 1.97 bits per heavy atom. The van der Waals surface area contributed by atoms with Crippen molar-refractivity contribution in [2.24, 2.45) is 5.73 Å². The van der Waals surface area contributed by atoms with Crippen LogP contribution in [0.3, 0.4) is 0 Å². The minimum absolute atomic E-state index is 0.0861. The summed E-state index contributed by atoms with van der Waals surface area (Å²) in [6, 6.07) is 11.2. The highest BCUT2D eigenvalue weighted by Gasteiger charge is 2.54. The standard InChI is InChI=1S/C21H19FN4O2S/c1-12-9-15(4-3-14(12)11-23)25-20(29)26(21(7-8-21)13(2)27)16-5-6-17(19(24)28)18(22)10-16/h3-6,9-10H,7-8H2,1-2H3,(H2,24,28)(H,25,29). The summed E-state index contributed by atoms with van der Waals surface area (Å²) >= 11 is 5.56. The van der Waals surface area contributed by atoms with E-state index in [9.17, 15) is 14.0 Å². The molecular formula is C21H19FN4O2S. The van der Waals surface area contributed by atoms with E-state index < -0.39 is 17.3 Å². The molecule has 2 aromatic rings. The first-order valence-electron chi connectivity index (χ1n) is 8.92. The topological polar surface area (TPSA) is 99.2 Å².